The van der Waals surface area contributed by atoms with Crippen molar-refractivity contribution in [3.63, 3.8) is 0 Å². The predicted octanol–water partition coefficient (Wildman–Crippen LogP) is 4.46. The molecule has 6 nitrogen and oxygen atoms in total. The minimum absolute atomic E-state index is 0.126. The molecule has 2 aromatic carbocycles. The fourth-order valence-electron chi connectivity index (χ4n) is 2.59. The summed E-state index contributed by atoms with van der Waals surface area (Å²) in [6.45, 7) is 2.26. The highest BCUT2D eigenvalue weighted by Gasteiger charge is 2.18. The Bertz CT molecular complexity index is 883. The Morgan fingerprint density at radius 2 is 1.97 bits per heavy atom. The summed E-state index contributed by atoms with van der Waals surface area (Å²) >= 11 is 7.33. The fourth-order valence-corrected chi connectivity index (χ4v) is 3.57. The number of halogens is 1. The summed E-state index contributed by atoms with van der Waals surface area (Å²) in [7, 11) is 0. The molecular formula is C22H23ClN2O4S. The maximum atomic E-state index is 12.6. The highest BCUT2D eigenvalue weighted by molar-refractivity contribution is 7.99. The van der Waals surface area contributed by atoms with Gasteiger partial charge in [0.2, 0.25) is 0 Å². The molecule has 0 atom stereocenters. The molecule has 0 fully saturated rings. The van der Waals surface area contributed by atoms with Crippen LogP contribution in [0.25, 0.3) is 0 Å². The topological polar surface area (TPSA) is 79.6 Å². The second kappa shape index (κ2) is 12.8. The Morgan fingerprint density at radius 3 is 2.63 bits per heavy atom. The summed E-state index contributed by atoms with van der Waals surface area (Å²) in [5.74, 6) is 0.576. The third kappa shape index (κ3) is 7.97. The van der Waals surface area contributed by atoms with Crippen molar-refractivity contribution >= 4 is 40.9 Å². The second-order valence-electron chi connectivity index (χ2n) is 6.16. The number of anilines is 1. The standard InChI is InChI=1S/C22H23ClN2O4S/c1-2-28-20-9-7-19(8-10-20)25(12-4-11-24)21(26)14-29-22(27)16-30-15-17-5-3-6-18(23)13-17/h3,5-10,13H,2,4,12,14-16H2,1H3. The molecule has 1 amide bonds. The smallest absolute Gasteiger partial charge is 0.316 e. The fraction of sp³-hybridized carbons (Fsp3) is 0.318. The first-order valence-corrected chi connectivity index (χ1v) is 10.9. The molecule has 0 aliphatic carbocycles. The molecule has 30 heavy (non-hydrogen) atoms. The number of nitrogens with zero attached hydrogens (tertiary/aromatic N) is 2. The molecular weight excluding hydrogens is 424 g/mol. The highest BCUT2D eigenvalue weighted by atomic mass is 35.5. The number of carbonyl (C=O) groups excluding carboxylic acids is 2. The summed E-state index contributed by atoms with van der Waals surface area (Å²) in [5, 5.41) is 9.53. The minimum atomic E-state index is -0.470. The van der Waals surface area contributed by atoms with Crippen molar-refractivity contribution in [2.24, 2.45) is 0 Å². The number of carbonyl (C=O) groups is 2. The van der Waals surface area contributed by atoms with Crippen LogP contribution in [0.2, 0.25) is 5.02 Å². The maximum absolute atomic E-state index is 12.6. The van der Waals surface area contributed by atoms with E-state index >= 15 is 0 Å². The molecule has 0 radical (unpaired) electrons. The van der Waals surface area contributed by atoms with Crippen molar-refractivity contribution < 1.29 is 19.1 Å². The van der Waals surface area contributed by atoms with Crippen molar-refractivity contribution in [2.45, 2.75) is 19.1 Å². The molecule has 2 rings (SSSR count). The number of thioether (sulfide) groups is 1. The van der Waals surface area contributed by atoms with Crippen LogP contribution in [0.15, 0.2) is 48.5 Å². The lowest BCUT2D eigenvalue weighted by Gasteiger charge is -2.22. The molecule has 2 aromatic rings. The predicted molar refractivity (Wildman–Crippen MR) is 119 cm³/mol. The molecule has 0 heterocycles. The molecule has 0 unspecified atom stereocenters. The van der Waals surface area contributed by atoms with Crippen LogP contribution in [-0.2, 0) is 20.1 Å². The zero-order valence-corrected chi connectivity index (χ0v) is 18.2. The average Bonchev–Trinajstić information content (AvgIpc) is 2.74. The van der Waals surface area contributed by atoms with Crippen molar-refractivity contribution in [1.29, 1.82) is 5.26 Å². The monoisotopic (exact) mass is 446 g/mol. The average molecular weight is 447 g/mol. The van der Waals surface area contributed by atoms with Crippen LogP contribution < -0.4 is 9.64 Å². The van der Waals surface area contributed by atoms with E-state index in [1.165, 1.54) is 16.7 Å². The molecule has 8 heteroatoms. The Balaban J connectivity index is 1.85. The quantitative estimate of drug-likeness (QED) is 0.474. The third-order valence-corrected chi connectivity index (χ3v) is 5.15. The van der Waals surface area contributed by atoms with Gasteiger partial charge in [-0.05, 0) is 48.9 Å². The molecule has 0 N–H and O–H groups in total. The summed E-state index contributed by atoms with van der Waals surface area (Å²) < 4.78 is 10.5. The van der Waals surface area contributed by atoms with Gasteiger partial charge in [0.25, 0.3) is 5.91 Å². The van der Waals surface area contributed by atoms with Crippen LogP contribution in [0.5, 0.6) is 5.75 Å². The number of nitriles is 1. The number of benzene rings is 2. The van der Waals surface area contributed by atoms with Gasteiger partial charge in [-0.15, -0.1) is 11.8 Å². The van der Waals surface area contributed by atoms with Crippen molar-refractivity contribution in [3.05, 3.63) is 59.1 Å². The maximum Gasteiger partial charge on any atom is 0.316 e. The van der Waals surface area contributed by atoms with Gasteiger partial charge in [-0.1, -0.05) is 23.7 Å². The SMILES string of the molecule is CCOc1ccc(N(CCC#N)C(=O)COC(=O)CSCc2cccc(Cl)c2)cc1. The van der Waals surface area contributed by atoms with E-state index in [4.69, 9.17) is 26.3 Å². The third-order valence-electron chi connectivity index (χ3n) is 3.94. The van der Waals surface area contributed by atoms with Gasteiger partial charge in [0, 0.05) is 23.0 Å². The number of amides is 1. The first kappa shape index (κ1) is 23.6. The van der Waals surface area contributed by atoms with Gasteiger partial charge >= 0.3 is 5.97 Å². The highest BCUT2D eigenvalue weighted by Crippen LogP contribution is 2.20. The normalized spacial score (nSPS) is 10.2. The van der Waals surface area contributed by atoms with E-state index in [9.17, 15) is 9.59 Å². The largest absolute Gasteiger partial charge is 0.494 e. The zero-order valence-electron chi connectivity index (χ0n) is 16.7. The lowest BCUT2D eigenvalue weighted by atomic mass is 10.2. The molecule has 0 aliphatic heterocycles. The Hall–Kier alpha value is -2.69. The molecule has 0 saturated carbocycles. The molecule has 0 saturated heterocycles. The number of hydrogen-bond acceptors (Lipinski definition) is 6. The van der Waals surface area contributed by atoms with Gasteiger partial charge in [-0.3, -0.25) is 9.59 Å². The van der Waals surface area contributed by atoms with Crippen LogP contribution in [0, 0.1) is 11.3 Å². The van der Waals surface area contributed by atoms with E-state index in [-0.39, 0.29) is 31.2 Å². The Kier molecular flexibility index (Phi) is 10.1. The molecule has 0 bridgehead atoms. The van der Waals surface area contributed by atoms with E-state index in [1.54, 1.807) is 30.3 Å². The van der Waals surface area contributed by atoms with Gasteiger partial charge in [-0.2, -0.15) is 5.26 Å². The van der Waals surface area contributed by atoms with Crippen LogP contribution in [0.4, 0.5) is 5.69 Å². The number of rotatable bonds is 11. The van der Waals surface area contributed by atoms with Gasteiger partial charge < -0.3 is 14.4 Å². The van der Waals surface area contributed by atoms with Crippen LogP contribution in [0.1, 0.15) is 18.9 Å². The van der Waals surface area contributed by atoms with Gasteiger partial charge in [0.15, 0.2) is 6.61 Å². The summed E-state index contributed by atoms with van der Waals surface area (Å²) in [4.78, 5) is 26.0. The molecule has 0 spiro atoms. The second-order valence-corrected chi connectivity index (χ2v) is 7.59. The van der Waals surface area contributed by atoms with Gasteiger partial charge in [-0.25, -0.2) is 0 Å². The van der Waals surface area contributed by atoms with E-state index in [0.29, 0.717) is 28.8 Å². The lowest BCUT2D eigenvalue weighted by molar-refractivity contribution is -0.145. The van der Waals surface area contributed by atoms with E-state index in [2.05, 4.69) is 0 Å². The van der Waals surface area contributed by atoms with Crippen molar-refractivity contribution in [3.8, 4) is 11.8 Å². The number of ether oxygens (including phenoxy) is 2. The van der Waals surface area contributed by atoms with Gasteiger partial charge in [0.05, 0.1) is 24.8 Å². The number of esters is 1. The summed E-state index contributed by atoms with van der Waals surface area (Å²) in [6, 6.07) is 16.4. The number of hydrogen-bond donors (Lipinski definition) is 0. The van der Waals surface area contributed by atoms with Crippen molar-refractivity contribution in [1.82, 2.24) is 0 Å². The first-order chi connectivity index (χ1) is 14.5. The Morgan fingerprint density at radius 1 is 1.20 bits per heavy atom. The van der Waals surface area contributed by atoms with E-state index in [1.807, 2.05) is 31.2 Å². The van der Waals surface area contributed by atoms with Crippen molar-refractivity contribution in [2.75, 3.05) is 30.4 Å². The molecule has 0 aromatic heterocycles. The zero-order chi connectivity index (χ0) is 21.8. The summed E-state index contributed by atoms with van der Waals surface area (Å²) in [6.07, 6.45) is 0.169. The van der Waals surface area contributed by atoms with E-state index < -0.39 is 5.97 Å². The van der Waals surface area contributed by atoms with Gasteiger partial charge in [0.1, 0.15) is 5.75 Å². The molecule has 0 aliphatic rings. The molecule has 158 valence electrons. The van der Waals surface area contributed by atoms with E-state index in [0.717, 1.165) is 5.56 Å². The summed E-state index contributed by atoms with van der Waals surface area (Å²) in [5.41, 5.74) is 1.62. The lowest BCUT2D eigenvalue weighted by Crippen LogP contribution is -2.35. The van der Waals surface area contributed by atoms with Crippen LogP contribution >= 0.6 is 23.4 Å². The van der Waals surface area contributed by atoms with Crippen LogP contribution in [0.3, 0.4) is 0 Å². The van der Waals surface area contributed by atoms with Crippen LogP contribution in [-0.4, -0.2) is 37.4 Å². The Labute approximate surface area is 185 Å². The first-order valence-electron chi connectivity index (χ1n) is 9.41. The minimum Gasteiger partial charge on any atom is -0.494 e.